The van der Waals surface area contributed by atoms with Crippen molar-refractivity contribution in [2.45, 2.75) is 33.1 Å². The molecule has 4 nitrogen and oxygen atoms in total. The highest BCUT2D eigenvalue weighted by atomic mass is 16.2. The van der Waals surface area contributed by atoms with Crippen LogP contribution in [-0.2, 0) is 16.0 Å². The molecule has 0 aliphatic carbocycles. The number of benzene rings is 2. The second-order valence-electron chi connectivity index (χ2n) is 7.53. The van der Waals surface area contributed by atoms with Crippen LogP contribution < -0.4 is 4.90 Å². The number of carbonyl (C=O) groups excluding carboxylic acids is 2. The molecule has 1 aliphatic heterocycles. The summed E-state index contributed by atoms with van der Waals surface area (Å²) in [7, 11) is 1.84. The van der Waals surface area contributed by atoms with Crippen LogP contribution in [0.15, 0.2) is 48.5 Å². The lowest BCUT2D eigenvalue weighted by Crippen LogP contribution is -2.46. The second-order valence-corrected chi connectivity index (χ2v) is 7.53. The molecule has 1 atom stereocenters. The molecule has 0 saturated carbocycles. The Bertz CT molecular complexity index is 816. The van der Waals surface area contributed by atoms with Gasteiger partial charge in [0, 0.05) is 25.8 Å². The van der Waals surface area contributed by atoms with Gasteiger partial charge in [0.2, 0.25) is 11.8 Å². The zero-order chi connectivity index (χ0) is 19.4. The molecule has 27 heavy (non-hydrogen) atoms. The average Bonchev–Trinajstić information content (AvgIpc) is 2.69. The van der Waals surface area contributed by atoms with Crippen molar-refractivity contribution >= 4 is 17.5 Å². The molecule has 1 unspecified atom stereocenters. The van der Waals surface area contributed by atoms with Crippen LogP contribution in [0, 0.1) is 19.8 Å². The normalized spacial score (nSPS) is 16.9. The van der Waals surface area contributed by atoms with Crippen LogP contribution in [0.1, 0.15) is 29.5 Å². The number of amides is 2. The Morgan fingerprint density at radius 2 is 1.85 bits per heavy atom. The number of nitrogens with zero attached hydrogens (tertiary/aromatic N) is 2. The Kier molecular flexibility index (Phi) is 5.94. The van der Waals surface area contributed by atoms with Crippen molar-refractivity contribution in [1.29, 1.82) is 0 Å². The fourth-order valence-electron chi connectivity index (χ4n) is 3.76. The van der Waals surface area contributed by atoms with Crippen molar-refractivity contribution in [3.05, 3.63) is 65.2 Å². The molecule has 0 N–H and O–H groups in total. The first-order valence-electron chi connectivity index (χ1n) is 9.62. The van der Waals surface area contributed by atoms with Crippen LogP contribution in [0.2, 0.25) is 0 Å². The number of piperidine rings is 1. The van der Waals surface area contributed by atoms with Gasteiger partial charge in [-0.05, 0) is 49.4 Å². The molecule has 0 spiro atoms. The minimum Gasteiger partial charge on any atom is -0.342 e. The highest BCUT2D eigenvalue weighted by molar-refractivity contribution is 5.96. The highest BCUT2D eigenvalue weighted by Crippen LogP contribution is 2.25. The Hall–Kier alpha value is -2.62. The summed E-state index contributed by atoms with van der Waals surface area (Å²) < 4.78 is 0. The van der Waals surface area contributed by atoms with Crippen molar-refractivity contribution in [3.8, 4) is 0 Å². The van der Waals surface area contributed by atoms with Gasteiger partial charge in [-0.25, -0.2) is 0 Å². The van der Waals surface area contributed by atoms with Gasteiger partial charge >= 0.3 is 0 Å². The molecule has 3 rings (SSSR count). The van der Waals surface area contributed by atoms with Crippen molar-refractivity contribution in [3.63, 3.8) is 0 Å². The Balaban J connectivity index is 1.67. The number of hydrogen-bond donors (Lipinski definition) is 0. The third-order valence-corrected chi connectivity index (χ3v) is 5.38. The van der Waals surface area contributed by atoms with Gasteiger partial charge in [-0.15, -0.1) is 0 Å². The molecule has 142 valence electrons. The topological polar surface area (TPSA) is 40.6 Å². The van der Waals surface area contributed by atoms with Gasteiger partial charge in [-0.1, -0.05) is 42.5 Å². The van der Waals surface area contributed by atoms with Crippen molar-refractivity contribution in [1.82, 2.24) is 4.90 Å². The second kappa shape index (κ2) is 8.38. The largest absolute Gasteiger partial charge is 0.342 e. The molecule has 4 heteroatoms. The van der Waals surface area contributed by atoms with E-state index in [2.05, 4.69) is 6.07 Å². The maximum absolute atomic E-state index is 13.1. The number of rotatable bonds is 4. The fourth-order valence-corrected chi connectivity index (χ4v) is 3.76. The predicted octanol–water partition coefficient (Wildman–Crippen LogP) is 3.75. The van der Waals surface area contributed by atoms with Crippen molar-refractivity contribution < 1.29 is 9.59 Å². The van der Waals surface area contributed by atoms with Crippen LogP contribution in [0.5, 0.6) is 0 Å². The van der Waals surface area contributed by atoms with Crippen LogP contribution in [0.25, 0.3) is 0 Å². The van der Waals surface area contributed by atoms with E-state index in [9.17, 15) is 9.59 Å². The molecule has 1 fully saturated rings. The van der Waals surface area contributed by atoms with Gasteiger partial charge in [0.15, 0.2) is 0 Å². The first-order valence-corrected chi connectivity index (χ1v) is 9.62. The summed E-state index contributed by atoms with van der Waals surface area (Å²) in [5.74, 6) is 0.0670. The molecule has 1 saturated heterocycles. The summed E-state index contributed by atoms with van der Waals surface area (Å²) in [6, 6.07) is 15.9. The van der Waals surface area contributed by atoms with Gasteiger partial charge < -0.3 is 9.80 Å². The van der Waals surface area contributed by atoms with E-state index in [-0.39, 0.29) is 17.7 Å². The summed E-state index contributed by atoms with van der Waals surface area (Å²) >= 11 is 0. The molecule has 2 amide bonds. The SMILES string of the molecule is Cc1ccc(C)c(N(C)C(=O)C2CCCN(C(=O)Cc3ccccc3)C2)c1. The van der Waals surface area contributed by atoms with E-state index in [0.717, 1.165) is 41.8 Å². The Morgan fingerprint density at radius 3 is 2.59 bits per heavy atom. The summed E-state index contributed by atoms with van der Waals surface area (Å²) in [4.78, 5) is 29.4. The third kappa shape index (κ3) is 4.57. The van der Waals surface area contributed by atoms with Crippen molar-refractivity contribution in [2.24, 2.45) is 5.92 Å². The lowest BCUT2D eigenvalue weighted by Gasteiger charge is -2.34. The zero-order valence-electron chi connectivity index (χ0n) is 16.4. The number of anilines is 1. The minimum atomic E-state index is -0.136. The molecule has 0 aromatic heterocycles. The number of aryl methyl sites for hydroxylation is 2. The summed E-state index contributed by atoms with van der Waals surface area (Å²) in [5.41, 5.74) is 4.19. The van der Waals surface area contributed by atoms with Crippen molar-refractivity contribution in [2.75, 3.05) is 25.0 Å². The van der Waals surface area contributed by atoms with Crippen LogP contribution >= 0.6 is 0 Å². The zero-order valence-corrected chi connectivity index (χ0v) is 16.4. The monoisotopic (exact) mass is 364 g/mol. The van der Waals surface area contributed by atoms with Crippen LogP contribution in [0.4, 0.5) is 5.69 Å². The molecule has 2 aromatic carbocycles. The van der Waals surface area contributed by atoms with Gasteiger partial charge in [-0.3, -0.25) is 9.59 Å². The predicted molar refractivity (Wildman–Crippen MR) is 109 cm³/mol. The first kappa shape index (κ1) is 19.2. The molecular formula is C23H28N2O2. The smallest absolute Gasteiger partial charge is 0.231 e. The molecule has 2 aromatic rings. The summed E-state index contributed by atoms with van der Waals surface area (Å²) in [6.45, 7) is 5.31. The maximum atomic E-state index is 13.1. The molecular weight excluding hydrogens is 336 g/mol. The standard InChI is InChI=1S/C23H28N2O2/c1-17-11-12-18(2)21(14-17)24(3)23(27)20-10-7-13-25(16-20)22(26)15-19-8-5-4-6-9-19/h4-6,8-9,11-12,14,20H,7,10,13,15-16H2,1-3H3. The fraction of sp³-hybridized carbons (Fsp3) is 0.391. The lowest BCUT2D eigenvalue weighted by molar-refractivity contribution is -0.134. The van der Waals surface area contributed by atoms with Gasteiger partial charge in [0.1, 0.15) is 0 Å². The van der Waals surface area contributed by atoms with Gasteiger partial charge in [0.05, 0.1) is 12.3 Å². The quantitative estimate of drug-likeness (QED) is 0.829. The van der Waals surface area contributed by atoms with E-state index in [0.29, 0.717) is 13.0 Å². The molecule has 1 aliphatic rings. The molecule has 1 heterocycles. The number of hydrogen-bond acceptors (Lipinski definition) is 2. The van der Waals surface area contributed by atoms with E-state index in [1.807, 2.05) is 68.3 Å². The highest BCUT2D eigenvalue weighted by Gasteiger charge is 2.30. The first-order chi connectivity index (χ1) is 13.0. The van der Waals surface area contributed by atoms with Crippen LogP contribution in [0.3, 0.4) is 0 Å². The van der Waals surface area contributed by atoms with E-state index >= 15 is 0 Å². The number of likely N-dealkylation sites (tertiary alicyclic amines) is 1. The number of carbonyl (C=O) groups is 2. The average molecular weight is 364 g/mol. The molecule has 0 bridgehead atoms. The van der Waals surface area contributed by atoms with E-state index < -0.39 is 0 Å². The van der Waals surface area contributed by atoms with E-state index in [1.165, 1.54) is 0 Å². The molecule has 0 radical (unpaired) electrons. The van der Waals surface area contributed by atoms with Crippen LogP contribution in [-0.4, -0.2) is 36.9 Å². The van der Waals surface area contributed by atoms with E-state index in [1.54, 1.807) is 4.90 Å². The Morgan fingerprint density at radius 1 is 1.11 bits per heavy atom. The summed E-state index contributed by atoms with van der Waals surface area (Å²) in [5, 5.41) is 0. The maximum Gasteiger partial charge on any atom is 0.231 e. The van der Waals surface area contributed by atoms with E-state index in [4.69, 9.17) is 0 Å². The minimum absolute atomic E-state index is 0.0981. The van der Waals surface area contributed by atoms with Gasteiger partial charge in [0.25, 0.3) is 0 Å². The lowest BCUT2D eigenvalue weighted by atomic mass is 9.95. The Labute approximate surface area is 161 Å². The van der Waals surface area contributed by atoms with Gasteiger partial charge in [-0.2, -0.15) is 0 Å². The third-order valence-electron chi connectivity index (χ3n) is 5.38. The summed E-state index contributed by atoms with van der Waals surface area (Å²) in [6.07, 6.45) is 2.11.